The van der Waals surface area contributed by atoms with Crippen LogP contribution in [0.25, 0.3) is 0 Å². The Bertz CT molecular complexity index is 285. The number of methoxy groups -OCH3 is 1. The molecule has 0 unspecified atom stereocenters. The normalized spacial score (nSPS) is 10.5. The minimum Gasteiger partial charge on any atom is -0.497 e. The standard InChI is InChI=1S/C14H24N2O/c1-3-15-11-12-16-10-4-5-13-6-8-14(17-2)9-7-13/h6-9,15-16H,3-5,10-12H2,1-2H3. The molecule has 1 rings (SSSR count). The largest absolute Gasteiger partial charge is 0.497 e. The van der Waals surface area contributed by atoms with Crippen molar-refractivity contribution < 1.29 is 4.74 Å². The summed E-state index contributed by atoms with van der Waals surface area (Å²) >= 11 is 0. The average molecular weight is 236 g/mol. The van der Waals surface area contributed by atoms with E-state index in [9.17, 15) is 0 Å². The van der Waals surface area contributed by atoms with Crippen LogP contribution in [0, 0.1) is 0 Å². The molecule has 2 N–H and O–H groups in total. The number of likely N-dealkylation sites (N-methyl/N-ethyl adjacent to an activating group) is 1. The summed E-state index contributed by atoms with van der Waals surface area (Å²) in [4.78, 5) is 0. The van der Waals surface area contributed by atoms with Crippen LogP contribution in [0.3, 0.4) is 0 Å². The zero-order valence-corrected chi connectivity index (χ0v) is 11.0. The summed E-state index contributed by atoms with van der Waals surface area (Å²) in [6, 6.07) is 8.32. The van der Waals surface area contributed by atoms with Crippen molar-refractivity contribution >= 4 is 0 Å². The second kappa shape index (κ2) is 9.02. The summed E-state index contributed by atoms with van der Waals surface area (Å²) in [6.45, 7) is 6.37. The third-order valence-corrected chi connectivity index (χ3v) is 2.71. The maximum atomic E-state index is 5.13. The van der Waals surface area contributed by atoms with E-state index in [4.69, 9.17) is 4.74 Å². The van der Waals surface area contributed by atoms with Gasteiger partial charge < -0.3 is 15.4 Å². The molecule has 0 saturated carbocycles. The molecule has 0 aliphatic rings. The van der Waals surface area contributed by atoms with Crippen molar-refractivity contribution in [2.75, 3.05) is 33.3 Å². The van der Waals surface area contributed by atoms with Crippen molar-refractivity contribution in [3.63, 3.8) is 0 Å². The molecule has 0 aliphatic heterocycles. The minimum absolute atomic E-state index is 0.928. The monoisotopic (exact) mass is 236 g/mol. The molecule has 3 heteroatoms. The molecule has 0 aromatic heterocycles. The van der Waals surface area contributed by atoms with E-state index in [0.717, 1.165) is 38.3 Å². The van der Waals surface area contributed by atoms with Crippen LogP contribution in [-0.4, -0.2) is 33.3 Å². The van der Waals surface area contributed by atoms with E-state index < -0.39 is 0 Å². The van der Waals surface area contributed by atoms with Gasteiger partial charge in [-0.3, -0.25) is 0 Å². The fourth-order valence-electron chi connectivity index (χ4n) is 1.69. The first-order valence-electron chi connectivity index (χ1n) is 6.41. The van der Waals surface area contributed by atoms with Gasteiger partial charge in [-0.15, -0.1) is 0 Å². The third-order valence-electron chi connectivity index (χ3n) is 2.71. The molecule has 1 aromatic carbocycles. The first-order chi connectivity index (χ1) is 8.36. The summed E-state index contributed by atoms with van der Waals surface area (Å²) in [5, 5.41) is 6.72. The maximum Gasteiger partial charge on any atom is 0.118 e. The zero-order chi connectivity index (χ0) is 12.3. The Morgan fingerprint density at radius 3 is 2.35 bits per heavy atom. The van der Waals surface area contributed by atoms with E-state index in [1.165, 1.54) is 12.0 Å². The lowest BCUT2D eigenvalue weighted by molar-refractivity contribution is 0.414. The lowest BCUT2D eigenvalue weighted by atomic mass is 10.1. The summed E-state index contributed by atoms with van der Waals surface area (Å²) < 4.78 is 5.13. The van der Waals surface area contributed by atoms with Crippen LogP contribution >= 0.6 is 0 Å². The van der Waals surface area contributed by atoms with Crippen molar-refractivity contribution in [1.82, 2.24) is 10.6 Å². The summed E-state index contributed by atoms with van der Waals surface area (Å²) in [6.07, 6.45) is 2.30. The van der Waals surface area contributed by atoms with Gasteiger partial charge in [0.2, 0.25) is 0 Å². The molecular weight excluding hydrogens is 212 g/mol. The molecular formula is C14H24N2O. The van der Waals surface area contributed by atoms with Crippen molar-refractivity contribution in [2.24, 2.45) is 0 Å². The Kier molecular flexibility index (Phi) is 7.43. The average Bonchev–Trinajstić information content (AvgIpc) is 2.38. The maximum absolute atomic E-state index is 5.13. The van der Waals surface area contributed by atoms with Gasteiger partial charge in [0.25, 0.3) is 0 Å². The van der Waals surface area contributed by atoms with Gasteiger partial charge in [0.1, 0.15) is 5.75 Å². The molecule has 1 aromatic rings. The first kappa shape index (κ1) is 14.0. The molecule has 0 bridgehead atoms. The van der Waals surface area contributed by atoms with Gasteiger partial charge in [-0.2, -0.15) is 0 Å². The zero-order valence-electron chi connectivity index (χ0n) is 11.0. The summed E-state index contributed by atoms with van der Waals surface area (Å²) in [5.74, 6) is 0.928. The number of hydrogen-bond donors (Lipinski definition) is 2. The Morgan fingerprint density at radius 2 is 1.71 bits per heavy atom. The quantitative estimate of drug-likeness (QED) is 0.642. The molecule has 0 heterocycles. The predicted octanol–water partition coefficient (Wildman–Crippen LogP) is 1.83. The second-order valence-electron chi connectivity index (χ2n) is 4.06. The number of ether oxygens (including phenoxy) is 1. The Hall–Kier alpha value is -1.06. The van der Waals surface area contributed by atoms with Crippen LogP contribution in [0.5, 0.6) is 5.75 Å². The van der Waals surface area contributed by atoms with Crippen LogP contribution in [0.1, 0.15) is 18.9 Å². The van der Waals surface area contributed by atoms with E-state index in [-0.39, 0.29) is 0 Å². The van der Waals surface area contributed by atoms with Gasteiger partial charge in [0, 0.05) is 13.1 Å². The molecule has 0 spiro atoms. The minimum atomic E-state index is 0.928. The Morgan fingerprint density at radius 1 is 1.00 bits per heavy atom. The third kappa shape index (κ3) is 6.29. The number of nitrogens with one attached hydrogen (secondary N) is 2. The fourth-order valence-corrected chi connectivity index (χ4v) is 1.69. The molecule has 0 amide bonds. The van der Waals surface area contributed by atoms with Crippen molar-refractivity contribution in [2.45, 2.75) is 19.8 Å². The van der Waals surface area contributed by atoms with Crippen LogP contribution in [0.4, 0.5) is 0 Å². The molecule has 17 heavy (non-hydrogen) atoms. The van der Waals surface area contributed by atoms with Gasteiger partial charge in [-0.25, -0.2) is 0 Å². The molecule has 0 atom stereocenters. The Labute approximate surface area is 105 Å². The van der Waals surface area contributed by atoms with Gasteiger partial charge in [-0.1, -0.05) is 19.1 Å². The van der Waals surface area contributed by atoms with E-state index >= 15 is 0 Å². The molecule has 0 aliphatic carbocycles. The first-order valence-corrected chi connectivity index (χ1v) is 6.41. The second-order valence-corrected chi connectivity index (χ2v) is 4.06. The molecule has 3 nitrogen and oxygen atoms in total. The number of aryl methyl sites for hydroxylation is 1. The SMILES string of the molecule is CCNCCNCCCc1ccc(OC)cc1. The highest BCUT2D eigenvalue weighted by Gasteiger charge is 1.94. The van der Waals surface area contributed by atoms with Crippen LogP contribution in [0.2, 0.25) is 0 Å². The van der Waals surface area contributed by atoms with Crippen molar-refractivity contribution in [3.05, 3.63) is 29.8 Å². The Balaban J connectivity index is 2.05. The van der Waals surface area contributed by atoms with Gasteiger partial charge >= 0.3 is 0 Å². The molecule has 0 fully saturated rings. The van der Waals surface area contributed by atoms with E-state index in [2.05, 4.69) is 29.7 Å². The summed E-state index contributed by atoms with van der Waals surface area (Å²) in [5.41, 5.74) is 1.37. The van der Waals surface area contributed by atoms with Crippen LogP contribution in [0.15, 0.2) is 24.3 Å². The van der Waals surface area contributed by atoms with Gasteiger partial charge in [0.15, 0.2) is 0 Å². The van der Waals surface area contributed by atoms with E-state index in [1.54, 1.807) is 7.11 Å². The smallest absolute Gasteiger partial charge is 0.118 e. The molecule has 0 radical (unpaired) electrons. The van der Waals surface area contributed by atoms with Gasteiger partial charge in [-0.05, 0) is 43.6 Å². The van der Waals surface area contributed by atoms with Crippen LogP contribution < -0.4 is 15.4 Å². The van der Waals surface area contributed by atoms with Crippen molar-refractivity contribution in [1.29, 1.82) is 0 Å². The van der Waals surface area contributed by atoms with Crippen LogP contribution in [-0.2, 0) is 6.42 Å². The number of rotatable bonds is 9. The highest BCUT2D eigenvalue weighted by molar-refractivity contribution is 5.27. The topological polar surface area (TPSA) is 33.3 Å². The van der Waals surface area contributed by atoms with Crippen molar-refractivity contribution in [3.8, 4) is 5.75 Å². The predicted molar refractivity (Wildman–Crippen MR) is 72.7 cm³/mol. The lowest BCUT2D eigenvalue weighted by Gasteiger charge is -2.06. The van der Waals surface area contributed by atoms with Gasteiger partial charge in [0.05, 0.1) is 7.11 Å². The molecule has 96 valence electrons. The fraction of sp³-hybridized carbons (Fsp3) is 0.571. The van der Waals surface area contributed by atoms with E-state index in [0.29, 0.717) is 0 Å². The highest BCUT2D eigenvalue weighted by atomic mass is 16.5. The number of benzene rings is 1. The number of hydrogen-bond acceptors (Lipinski definition) is 3. The summed E-state index contributed by atoms with van der Waals surface area (Å²) in [7, 11) is 1.70. The lowest BCUT2D eigenvalue weighted by Crippen LogP contribution is -2.27. The van der Waals surface area contributed by atoms with E-state index in [1.807, 2.05) is 12.1 Å². The molecule has 0 saturated heterocycles. The highest BCUT2D eigenvalue weighted by Crippen LogP contribution is 2.12.